The third-order valence-corrected chi connectivity index (χ3v) is 4.44. The summed E-state index contributed by atoms with van der Waals surface area (Å²) in [6, 6.07) is 9.67. The Morgan fingerprint density at radius 2 is 1.85 bits per heavy atom. The van der Waals surface area contributed by atoms with Crippen molar-refractivity contribution in [1.29, 1.82) is 0 Å². The van der Waals surface area contributed by atoms with Gasteiger partial charge in [0.25, 0.3) is 5.56 Å². The summed E-state index contributed by atoms with van der Waals surface area (Å²) in [4.78, 5) is 37.5. The summed E-state index contributed by atoms with van der Waals surface area (Å²) in [6.45, 7) is 3.70. The van der Waals surface area contributed by atoms with Crippen LogP contribution in [0.25, 0.3) is 16.6 Å². The molecule has 140 valence electrons. The number of carbonyl (C=O) groups is 1. The number of rotatable bonds is 5. The number of nitrogens with zero attached hydrogens (tertiary/aromatic N) is 2. The van der Waals surface area contributed by atoms with E-state index in [0.717, 1.165) is 9.13 Å². The lowest BCUT2D eigenvalue weighted by molar-refractivity contribution is -0.140. The highest BCUT2D eigenvalue weighted by molar-refractivity contribution is 6.31. The number of halogens is 1. The second-order valence-corrected chi connectivity index (χ2v) is 6.33. The maximum atomic E-state index is 13.1. The highest BCUT2D eigenvalue weighted by atomic mass is 35.5. The summed E-state index contributed by atoms with van der Waals surface area (Å²) in [6.07, 6.45) is 0. The van der Waals surface area contributed by atoms with Crippen molar-refractivity contribution in [2.45, 2.75) is 19.9 Å². The van der Waals surface area contributed by atoms with E-state index in [0.29, 0.717) is 23.1 Å². The first kappa shape index (κ1) is 18.7. The molecule has 7 nitrogen and oxygen atoms in total. The lowest BCUT2D eigenvalue weighted by Gasteiger charge is -2.17. The number of ether oxygens (including phenoxy) is 1. The highest BCUT2D eigenvalue weighted by Crippen LogP contribution is 2.20. The Kier molecular flexibility index (Phi) is 5.05. The minimum Gasteiger partial charge on any atom is -0.494 e. The predicted molar refractivity (Wildman–Crippen MR) is 102 cm³/mol. The van der Waals surface area contributed by atoms with Gasteiger partial charge in [-0.05, 0) is 56.3 Å². The first-order valence-corrected chi connectivity index (χ1v) is 8.65. The van der Waals surface area contributed by atoms with Crippen molar-refractivity contribution >= 4 is 28.5 Å². The molecular weight excluding hydrogens is 372 g/mol. The van der Waals surface area contributed by atoms with Crippen molar-refractivity contribution in [3.8, 4) is 11.4 Å². The average Bonchev–Trinajstić information content (AvgIpc) is 2.63. The van der Waals surface area contributed by atoms with Gasteiger partial charge in [-0.1, -0.05) is 11.6 Å². The van der Waals surface area contributed by atoms with Crippen molar-refractivity contribution in [2.24, 2.45) is 0 Å². The van der Waals surface area contributed by atoms with Gasteiger partial charge in [0.2, 0.25) is 0 Å². The number of aliphatic carboxylic acids is 1. The molecule has 0 saturated heterocycles. The molecule has 0 bridgehead atoms. The van der Waals surface area contributed by atoms with Gasteiger partial charge in [-0.3, -0.25) is 9.36 Å². The lowest BCUT2D eigenvalue weighted by Crippen LogP contribution is -2.41. The van der Waals surface area contributed by atoms with Crippen LogP contribution in [-0.4, -0.2) is 26.8 Å². The van der Waals surface area contributed by atoms with Crippen LogP contribution in [0.2, 0.25) is 5.02 Å². The van der Waals surface area contributed by atoms with Crippen LogP contribution in [-0.2, 0) is 4.79 Å². The Hall–Kier alpha value is -3.06. The fourth-order valence-corrected chi connectivity index (χ4v) is 3.04. The summed E-state index contributed by atoms with van der Waals surface area (Å²) in [5.74, 6) is -0.601. The van der Waals surface area contributed by atoms with Crippen LogP contribution in [0.1, 0.15) is 19.9 Å². The third-order valence-electron chi connectivity index (χ3n) is 4.20. The Morgan fingerprint density at radius 3 is 2.44 bits per heavy atom. The molecule has 0 aliphatic heterocycles. The summed E-state index contributed by atoms with van der Waals surface area (Å²) in [7, 11) is 0. The molecule has 2 aromatic carbocycles. The molecule has 1 unspecified atom stereocenters. The van der Waals surface area contributed by atoms with Crippen LogP contribution in [0.5, 0.6) is 5.75 Å². The molecule has 3 aromatic rings. The van der Waals surface area contributed by atoms with Crippen LogP contribution < -0.4 is 16.0 Å². The van der Waals surface area contributed by atoms with Crippen molar-refractivity contribution in [3.63, 3.8) is 0 Å². The van der Waals surface area contributed by atoms with E-state index in [1.165, 1.54) is 25.1 Å². The monoisotopic (exact) mass is 388 g/mol. The summed E-state index contributed by atoms with van der Waals surface area (Å²) in [5.41, 5.74) is -0.815. The molecule has 1 aromatic heterocycles. The van der Waals surface area contributed by atoms with Crippen LogP contribution in [0.4, 0.5) is 0 Å². The maximum Gasteiger partial charge on any atom is 0.336 e. The van der Waals surface area contributed by atoms with E-state index in [1.807, 2.05) is 6.92 Å². The van der Waals surface area contributed by atoms with Gasteiger partial charge in [0.15, 0.2) is 0 Å². The summed E-state index contributed by atoms with van der Waals surface area (Å²) in [5, 5.41) is 9.91. The van der Waals surface area contributed by atoms with E-state index in [9.17, 15) is 19.5 Å². The van der Waals surface area contributed by atoms with E-state index >= 15 is 0 Å². The number of carboxylic acid groups (broad SMARTS) is 1. The second-order valence-electron chi connectivity index (χ2n) is 5.90. The molecule has 0 aliphatic rings. The van der Waals surface area contributed by atoms with Gasteiger partial charge in [-0.25, -0.2) is 14.2 Å². The van der Waals surface area contributed by atoms with Gasteiger partial charge in [-0.15, -0.1) is 0 Å². The Morgan fingerprint density at radius 1 is 1.19 bits per heavy atom. The van der Waals surface area contributed by atoms with Crippen molar-refractivity contribution in [2.75, 3.05) is 6.61 Å². The largest absolute Gasteiger partial charge is 0.494 e. The fourth-order valence-electron chi connectivity index (χ4n) is 2.87. The van der Waals surface area contributed by atoms with Crippen LogP contribution in [0, 0.1) is 0 Å². The third kappa shape index (κ3) is 3.33. The van der Waals surface area contributed by atoms with Gasteiger partial charge in [0, 0.05) is 5.02 Å². The number of fused-ring (bicyclic) bond motifs is 1. The van der Waals surface area contributed by atoms with Gasteiger partial charge in [0.05, 0.1) is 23.2 Å². The number of aromatic nitrogens is 2. The molecule has 0 saturated carbocycles. The number of benzene rings is 2. The molecule has 1 N–H and O–H groups in total. The van der Waals surface area contributed by atoms with Crippen molar-refractivity contribution < 1.29 is 14.6 Å². The lowest BCUT2D eigenvalue weighted by atomic mass is 10.2. The van der Waals surface area contributed by atoms with Gasteiger partial charge >= 0.3 is 11.7 Å². The molecule has 27 heavy (non-hydrogen) atoms. The van der Waals surface area contributed by atoms with E-state index in [2.05, 4.69) is 0 Å². The standard InChI is InChI=1S/C19H17ClN2O5/c1-3-27-14-7-5-13(6-8-14)22-17(23)15-9-4-12(20)10-16(15)21(19(22)26)11(2)18(24)25/h4-11H,3H2,1-2H3,(H,24,25). The predicted octanol–water partition coefficient (Wildman–Crippen LogP) is 2.85. The summed E-state index contributed by atoms with van der Waals surface area (Å²) >= 11 is 6.00. The highest BCUT2D eigenvalue weighted by Gasteiger charge is 2.22. The maximum absolute atomic E-state index is 13.1. The average molecular weight is 389 g/mol. The molecular formula is C19H17ClN2O5. The minimum atomic E-state index is -1.20. The Balaban J connectivity index is 2.37. The van der Waals surface area contributed by atoms with E-state index in [-0.39, 0.29) is 10.9 Å². The zero-order valence-electron chi connectivity index (χ0n) is 14.7. The molecule has 3 rings (SSSR count). The first-order valence-electron chi connectivity index (χ1n) is 8.28. The minimum absolute atomic E-state index is 0.176. The zero-order chi connectivity index (χ0) is 19.7. The normalized spacial score (nSPS) is 12.1. The molecule has 0 spiro atoms. The van der Waals surface area contributed by atoms with Gasteiger partial charge < -0.3 is 9.84 Å². The van der Waals surface area contributed by atoms with Crippen molar-refractivity contribution in [3.05, 3.63) is 68.3 Å². The molecule has 0 fully saturated rings. The van der Waals surface area contributed by atoms with Crippen LogP contribution in [0.3, 0.4) is 0 Å². The quantitative estimate of drug-likeness (QED) is 0.725. The van der Waals surface area contributed by atoms with Gasteiger partial charge in [0.1, 0.15) is 11.8 Å². The molecule has 1 heterocycles. The SMILES string of the molecule is CCOc1ccc(-n2c(=O)c3ccc(Cl)cc3n(C(C)C(=O)O)c2=O)cc1. The number of carboxylic acids is 1. The molecule has 0 aliphatic carbocycles. The molecule has 0 amide bonds. The summed E-state index contributed by atoms with van der Waals surface area (Å²) < 4.78 is 7.38. The molecule has 1 atom stereocenters. The van der Waals surface area contributed by atoms with E-state index in [4.69, 9.17) is 16.3 Å². The number of hydrogen-bond donors (Lipinski definition) is 1. The van der Waals surface area contributed by atoms with E-state index < -0.39 is 23.3 Å². The molecule has 8 heteroatoms. The Labute approximate surface area is 159 Å². The van der Waals surface area contributed by atoms with Gasteiger partial charge in [-0.2, -0.15) is 0 Å². The second kappa shape index (κ2) is 7.28. The number of hydrogen-bond acceptors (Lipinski definition) is 4. The zero-order valence-corrected chi connectivity index (χ0v) is 15.4. The topological polar surface area (TPSA) is 90.5 Å². The molecule has 0 radical (unpaired) electrons. The fraction of sp³-hybridized carbons (Fsp3) is 0.211. The van der Waals surface area contributed by atoms with Crippen LogP contribution in [0.15, 0.2) is 52.1 Å². The Bertz CT molecular complexity index is 1130. The van der Waals surface area contributed by atoms with Crippen LogP contribution >= 0.6 is 11.6 Å². The first-order chi connectivity index (χ1) is 12.8. The van der Waals surface area contributed by atoms with Crippen molar-refractivity contribution in [1.82, 2.24) is 9.13 Å². The smallest absolute Gasteiger partial charge is 0.336 e. The van der Waals surface area contributed by atoms with E-state index in [1.54, 1.807) is 24.3 Å².